The van der Waals surface area contributed by atoms with Crippen LogP contribution in [0.3, 0.4) is 0 Å². The van der Waals surface area contributed by atoms with Gasteiger partial charge >= 0.3 is 0 Å². The van der Waals surface area contributed by atoms with Crippen molar-refractivity contribution in [3.8, 4) is 0 Å². The third kappa shape index (κ3) is 4.45. The van der Waals surface area contributed by atoms with Crippen LogP contribution in [0.25, 0.3) is 0 Å². The van der Waals surface area contributed by atoms with Gasteiger partial charge in [0, 0.05) is 22.1 Å². The number of hydrogen-bond acceptors (Lipinski definition) is 2. The Balaban J connectivity index is 1.87. The maximum absolute atomic E-state index is 6.35. The third-order valence-electron chi connectivity index (χ3n) is 4.28. The van der Waals surface area contributed by atoms with E-state index in [1.54, 1.807) is 0 Å². The van der Waals surface area contributed by atoms with Crippen molar-refractivity contribution >= 4 is 27.5 Å². The average molecular weight is 360 g/mol. The van der Waals surface area contributed by atoms with Crippen molar-refractivity contribution in [2.75, 3.05) is 27.2 Å². The SMILES string of the molecule is CNC(CCN(C)CC1CCC1)c1ccc(Br)cc1Cl. The minimum Gasteiger partial charge on any atom is -0.313 e. The molecule has 0 amide bonds. The molecule has 4 heteroatoms. The van der Waals surface area contributed by atoms with Gasteiger partial charge in [0.2, 0.25) is 0 Å². The van der Waals surface area contributed by atoms with E-state index in [0.29, 0.717) is 6.04 Å². The molecule has 0 radical (unpaired) electrons. The molecule has 0 saturated heterocycles. The highest BCUT2D eigenvalue weighted by molar-refractivity contribution is 9.10. The average Bonchev–Trinajstić information content (AvgIpc) is 2.36. The highest BCUT2D eigenvalue weighted by atomic mass is 79.9. The summed E-state index contributed by atoms with van der Waals surface area (Å²) in [5.41, 5.74) is 1.19. The summed E-state index contributed by atoms with van der Waals surface area (Å²) in [5.74, 6) is 0.935. The first-order valence-corrected chi connectivity index (χ1v) is 8.58. The maximum atomic E-state index is 6.35. The summed E-state index contributed by atoms with van der Waals surface area (Å²) in [5, 5.41) is 4.22. The van der Waals surface area contributed by atoms with Gasteiger partial charge in [0.25, 0.3) is 0 Å². The lowest BCUT2D eigenvalue weighted by Crippen LogP contribution is -2.32. The van der Waals surface area contributed by atoms with Crippen molar-refractivity contribution in [3.63, 3.8) is 0 Å². The van der Waals surface area contributed by atoms with Crippen molar-refractivity contribution in [2.45, 2.75) is 31.7 Å². The van der Waals surface area contributed by atoms with Gasteiger partial charge in [0.05, 0.1) is 0 Å². The fraction of sp³-hybridized carbons (Fsp3) is 0.625. The number of nitrogens with zero attached hydrogens (tertiary/aromatic N) is 1. The van der Waals surface area contributed by atoms with E-state index in [-0.39, 0.29) is 0 Å². The monoisotopic (exact) mass is 358 g/mol. The molecule has 0 bridgehead atoms. The van der Waals surface area contributed by atoms with E-state index in [2.05, 4.69) is 45.3 Å². The van der Waals surface area contributed by atoms with Crippen LogP contribution in [-0.2, 0) is 0 Å². The normalized spacial score (nSPS) is 17.2. The van der Waals surface area contributed by atoms with Crippen LogP contribution in [0.4, 0.5) is 0 Å². The zero-order valence-electron chi connectivity index (χ0n) is 12.3. The summed E-state index contributed by atoms with van der Waals surface area (Å²) < 4.78 is 1.03. The summed E-state index contributed by atoms with van der Waals surface area (Å²) in [7, 11) is 4.24. The van der Waals surface area contributed by atoms with Gasteiger partial charge in [-0.1, -0.05) is 40.0 Å². The molecule has 1 N–H and O–H groups in total. The lowest BCUT2D eigenvalue weighted by atomic mass is 9.85. The fourth-order valence-corrected chi connectivity index (χ4v) is 3.60. The van der Waals surface area contributed by atoms with E-state index in [9.17, 15) is 0 Å². The fourth-order valence-electron chi connectivity index (χ4n) is 2.80. The molecule has 1 unspecified atom stereocenters. The summed E-state index contributed by atoms with van der Waals surface area (Å²) in [6.07, 6.45) is 5.34. The quantitative estimate of drug-likeness (QED) is 0.772. The minimum absolute atomic E-state index is 0.319. The van der Waals surface area contributed by atoms with Crippen molar-refractivity contribution in [3.05, 3.63) is 33.3 Å². The molecule has 1 fully saturated rings. The summed E-state index contributed by atoms with van der Waals surface area (Å²) in [4.78, 5) is 2.46. The van der Waals surface area contributed by atoms with Gasteiger partial charge in [0.15, 0.2) is 0 Å². The lowest BCUT2D eigenvalue weighted by molar-refractivity contribution is 0.199. The molecule has 1 atom stereocenters. The first-order chi connectivity index (χ1) is 9.60. The first kappa shape index (κ1) is 16.3. The Hall–Kier alpha value is -0.0900. The molecule has 0 aromatic heterocycles. The molecule has 20 heavy (non-hydrogen) atoms. The Morgan fingerprint density at radius 3 is 2.75 bits per heavy atom. The van der Waals surface area contributed by atoms with Crippen molar-refractivity contribution in [1.82, 2.24) is 10.2 Å². The van der Waals surface area contributed by atoms with E-state index in [1.165, 1.54) is 31.4 Å². The Morgan fingerprint density at radius 2 is 2.20 bits per heavy atom. The Kier molecular flexibility index (Phi) is 6.34. The number of benzene rings is 1. The molecule has 2 nitrogen and oxygen atoms in total. The number of hydrogen-bond donors (Lipinski definition) is 1. The topological polar surface area (TPSA) is 15.3 Å². The second-order valence-corrected chi connectivity index (χ2v) is 7.18. The van der Waals surface area contributed by atoms with Crippen LogP contribution in [-0.4, -0.2) is 32.1 Å². The lowest BCUT2D eigenvalue weighted by Gasteiger charge is -2.31. The predicted molar refractivity (Wildman–Crippen MR) is 90.4 cm³/mol. The number of rotatable bonds is 7. The van der Waals surface area contributed by atoms with Crippen molar-refractivity contribution < 1.29 is 0 Å². The highest BCUT2D eigenvalue weighted by Gasteiger charge is 2.20. The van der Waals surface area contributed by atoms with E-state index in [4.69, 9.17) is 11.6 Å². The minimum atomic E-state index is 0.319. The van der Waals surface area contributed by atoms with Gasteiger partial charge in [-0.3, -0.25) is 0 Å². The molecular formula is C16H24BrClN2. The zero-order valence-corrected chi connectivity index (χ0v) is 14.7. The summed E-state index contributed by atoms with van der Waals surface area (Å²) in [6, 6.07) is 6.46. The van der Waals surface area contributed by atoms with Gasteiger partial charge in [0.1, 0.15) is 0 Å². The molecule has 0 aliphatic heterocycles. The second-order valence-electron chi connectivity index (χ2n) is 5.85. The van der Waals surface area contributed by atoms with Crippen molar-refractivity contribution in [2.24, 2.45) is 5.92 Å². The molecule has 1 aromatic carbocycles. The molecule has 1 aromatic rings. The van der Waals surface area contributed by atoms with Crippen LogP contribution in [0, 0.1) is 5.92 Å². The third-order valence-corrected chi connectivity index (χ3v) is 5.10. The Bertz CT molecular complexity index is 434. The number of nitrogens with one attached hydrogen (secondary N) is 1. The van der Waals surface area contributed by atoms with Gasteiger partial charge in [-0.05, 0) is 63.5 Å². The molecule has 2 rings (SSSR count). The molecule has 1 saturated carbocycles. The molecule has 1 aliphatic carbocycles. The van der Waals surface area contributed by atoms with E-state index in [0.717, 1.165) is 28.4 Å². The summed E-state index contributed by atoms with van der Waals surface area (Å²) in [6.45, 7) is 2.35. The maximum Gasteiger partial charge on any atom is 0.0465 e. The van der Waals surface area contributed by atoms with E-state index < -0.39 is 0 Å². The van der Waals surface area contributed by atoms with Gasteiger partial charge in [-0.2, -0.15) is 0 Å². The molecule has 112 valence electrons. The van der Waals surface area contributed by atoms with Crippen LogP contribution >= 0.6 is 27.5 Å². The van der Waals surface area contributed by atoms with Crippen LogP contribution in [0.5, 0.6) is 0 Å². The van der Waals surface area contributed by atoms with Crippen molar-refractivity contribution in [1.29, 1.82) is 0 Å². The van der Waals surface area contributed by atoms with E-state index >= 15 is 0 Å². The first-order valence-electron chi connectivity index (χ1n) is 7.41. The largest absolute Gasteiger partial charge is 0.313 e. The molecular weight excluding hydrogens is 336 g/mol. The van der Waals surface area contributed by atoms with Crippen LogP contribution in [0.2, 0.25) is 5.02 Å². The molecule has 0 heterocycles. The summed E-state index contributed by atoms with van der Waals surface area (Å²) >= 11 is 9.81. The number of halogens is 2. The molecule has 1 aliphatic rings. The zero-order chi connectivity index (χ0) is 14.5. The van der Waals surface area contributed by atoms with Gasteiger partial charge in [-0.25, -0.2) is 0 Å². The van der Waals surface area contributed by atoms with Gasteiger partial charge < -0.3 is 10.2 Å². The Morgan fingerprint density at radius 1 is 1.45 bits per heavy atom. The smallest absolute Gasteiger partial charge is 0.0465 e. The predicted octanol–water partition coefficient (Wildman–Crippen LogP) is 4.49. The van der Waals surface area contributed by atoms with E-state index in [1.807, 2.05) is 13.1 Å². The van der Waals surface area contributed by atoms with Gasteiger partial charge in [-0.15, -0.1) is 0 Å². The highest BCUT2D eigenvalue weighted by Crippen LogP contribution is 2.29. The van der Waals surface area contributed by atoms with Crippen LogP contribution < -0.4 is 5.32 Å². The second kappa shape index (κ2) is 7.79. The standard InChI is InChI=1S/C16H24BrClN2/c1-19-16(14-7-6-13(17)10-15(14)18)8-9-20(2)11-12-4-3-5-12/h6-7,10,12,16,19H,3-5,8-9,11H2,1-2H3. The van der Waals surface area contributed by atoms with Crippen LogP contribution in [0.15, 0.2) is 22.7 Å². The molecule has 0 spiro atoms. The van der Waals surface area contributed by atoms with Crippen LogP contribution in [0.1, 0.15) is 37.3 Å². The Labute approximate surface area is 136 Å².